The van der Waals surface area contributed by atoms with Crippen molar-refractivity contribution in [2.75, 3.05) is 0 Å². The summed E-state index contributed by atoms with van der Waals surface area (Å²) in [4.78, 5) is 16.7. The zero-order chi connectivity index (χ0) is 15.8. The Kier molecular flexibility index (Phi) is 3.58. The van der Waals surface area contributed by atoms with Gasteiger partial charge in [-0.15, -0.1) is 0 Å². The van der Waals surface area contributed by atoms with E-state index in [-0.39, 0.29) is 17.3 Å². The van der Waals surface area contributed by atoms with Gasteiger partial charge in [0, 0.05) is 12.1 Å². The molecule has 4 rings (SSSR count). The fraction of sp³-hybridized carbons (Fsp3) is 0.222. The zero-order valence-electron chi connectivity index (χ0n) is 12.7. The molecule has 2 aromatic carbocycles. The van der Waals surface area contributed by atoms with Gasteiger partial charge in [0.1, 0.15) is 11.4 Å². The van der Waals surface area contributed by atoms with Gasteiger partial charge in [0.2, 0.25) is 0 Å². The Labute approximate surface area is 138 Å². The third-order valence-electron chi connectivity index (χ3n) is 3.92. The number of nitrogens with zero attached hydrogens (tertiary/aromatic N) is 2. The first kappa shape index (κ1) is 14.3. The normalized spacial score (nSPS) is 20.8. The fourth-order valence-corrected chi connectivity index (χ4v) is 4.09. The van der Waals surface area contributed by atoms with Crippen LogP contribution in [0.3, 0.4) is 0 Å². The van der Waals surface area contributed by atoms with Gasteiger partial charge in [-0.25, -0.2) is 4.98 Å². The van der Waals surface area contributed by atoms with E-state index in [1.54, 1.807) is 0 Å². The highest BCUT2D eigenvalue weighted by Gasteiger charge is 2.34. The van der Waals surface area contributed by atoms with E-state index < -0.39 is 0 Å². The van der Waals surface area contributed by atoms with Crippen molar-refractivity contribution in [2.45, 2.75) is 29.9 Å². The lowest BCUT2D eigenvalue weighted by molar-refractivity contribution is -0.140. The average molecular weight is 324 g/mol. The van der Waals surface area contributed by atoms with Crippen LogP contribution in [0.15, 0.2) is 59.8 Å². The van der Waals surface area contributed by atoms with Crippen molar-refractivity contribution in [1.29, 1.82) is 0 Å². The van der Waals surface area contributed by atoms with Gasteiger partial charge in [-0.05, 0) is 31.2 Å². The summed E-state index contributed by atoms with van der Waals surface area (Å²) < 4.78 is 7.38. The van der Waals surface area contributed by atoms with E-state index in [0.717, 1.165) is 28.3 Å². The van der Waals surface area contributed by atoms with E-state index in [9.17, 15) is 4.79 Å². The Bertz CT molecular complexity index is 860. The molecule has 0 spiro atoms. The largest absolute Gasteiger partial charge is 0.462 e. The van der Waals surface area contributed by atoms with E-state index >= 15 is 0 Å². The van der Waals surface area contributed by atoms with Crippen LogP contribution in [0.1, 0.15) is 13.3 Å². The number of carbonyl (C=O) groups is 1. The molecule has 1 aliphatic heterocycles. The second-order valence-electron chi connectivity index (χ2n) is 5.64. The van der Waals surface area contributed by atoms with Gasteiger partial charge in [-0.2, -0.15) is 0 Å². The molecular formula is C18H16N2O2S. The number of cyclic esters (lactones) is 1. The van der Waals surface area contributed by atoms with Gasteiger partial charge in [0.25, 0.3) is 0 Å². The number of aromatic nitrogens is 2. The van der Waals surface area contributed by atoms with Crippen molar-refractivity contribution in [3.63, 3.8) is 0 Å². The van der Waals surface area contributed by atoms with E-state index in [1.165, 1.54) is 11.8 Å². The van der Waals surface area contributed by atoms with Crippen LogP contribution >= 0.6 is 11.8 Å². The number of ether oxygens (including phenoxy) is 1. The minimum atomic E-state index is -0.190. The maximum atomic E-state index is 12.0. The van der Waals surface area contributed by atoms with Crippen LogP contribution in [0, 0.1) is 0 Å². The molecular weight excluding hydrogens is 308 g/mol. The number of para-hydroxylation sites is 3. The molecule has 0 N–H and O–H groups in total. The number of carbonyl (C=O) groups excluding carboxylic acids is 1. The average Bonchev–Trinajstić information content (AvgIpc) is 3.07. The molecule has 0 bridgehead atoms. The lowest BCUT2D eigenvalue weighted by Gasteiger charge is -2.10. The number of hydrogen-bond donors (Lipinski definition) is 0. The summed E-state index contributed by atoms with van der Waals surface area (Å²) in [5, 5.41) is 0.637. The van der Waals surface area contributed by atoms with Gasteiger partial charge in [-0.1, -0.05) is 42.1 Å². The number of benzene rings is 2. The Morgan fingerprint density at radius 2 is 1.87 bits per heavy atom. The fourth-order valence-electron chi connectivity index (χ4n) is 2.85. The molecule has 0 radical (unpaired) electrons. The maximum Gasteiger partial charge on any atom is 0.319 e. The first-order chi connectivity index (χ1) is 11.2. The summed E-state index contributed by atoms with van der Waals surface area (Å²) in [5.41, 5.74) is 3.02. The molecule has 5 heteroatoms. The number of fused-ring (bicyclic) bond motifs is 1. The molecule has 1 fully saturated rings. The van der Waals surface area contributed by atoms with Gasteiger partial charge in [0.05, 0.1) is 11.0 Å². The second kappa shape index (κ2) is 5.74. The molecule has 116 valence electrons. The molecule has 0 aliphatic carbocycles. The van der Waals surface area contributed by atoms with Gasteiger partial charge in [-0.3, -0.25) is 9.36 Å². The minimum absolute atomic E-state index is 0.0189. The standard InChI is InChI=1S/C18H16N2O2S/c1-12-11-16(17(21)22-12)23-18-19-14-9-5-6-10-15(14)20(18)13-7-3-2-4-8-13/h2-10,12,16H,11H2,1H3/t12-,16+/m0/s1. The van der Waals surface area contributed by atoms with Crippen LogP contribution in [-0.2, 0) is 9.53 Å². The maximum absolute atomic E-state index is 12.0. The Morgan fingerprint density at radius 3 is 2.61 bits per heavy atom. The summed E-state index contributed by atoms with van der Waals surface area (Å²) in [6.07, 6.45) is 0.705. The number of hydrogen-bond acceptors (Lipinski definition) is 4. The molecule has 0 amide bonds. The molecule has 3 aromatic rings. The van der Waals surface area contributed by atoms with E-state index in [2.05, 4.69) is 10.6 Å². The predicted octanol–water partition coefficient (Wildman–Crippen LogP) is 3.82. The topological polar surface area (TPSA) is 44.1 Å². The molecule has 1 saturated heterocycles. The molecule has 1 aromatic heterocycles. The van der Waals surface area contributed by atoms with Crippen LogP contribution < -0.4 is 0 Å². The molecule has 0 unspecified atom stereocenters. The zero-order valence-corrected chi connectivity index (χ0v) is 13.5. The minimum Gasteiger partial charge on any atom is -0.462 e. The Balaban J connectivity index is 1.81. The lowest BCUT2D eigenvalue weighted by atomic mass is 10.3. The summed E-state index contributed by atoms with van der Waals surface area (Å²) in [6, 6.07) is 18.1. The number of thioether (sulfide) groups is 1. The van der Waals surface area contributed by atoms with Crippen LogP contribution in [0.5, 0.6) is 0 Å². The highest BCUT2D eigenvalue weighted by Crippen LogP contribution is 2.35. The van der Waals surface area contributed by atoms with Crippen molar-refractivity contribution < 1.29 is 9.53 Å². The molecule has 1 aliphatic rings. The third-order valence-corrected chi connectivity index (χ3v) is 5.07. The van der Waals surface area contributed by atoms with Crippen molar-refractivity contribution >= 4 is 28.8 Å². The molecule has 4 nitrogen and oxygen atoms in total. The summed E-state index contributed by atoms with van der Waals surface area (Å²) in [6.45, 7) is 1.93. The smallest absolute Gasteiger partial charge is 0.319 e. The second-order valence-corrected chi connectivity index (χ2v) is 6.81. The SMILES string of the molecule is C[C@H]1C[C@@H](Sc2nc3ccccc3n2-c2ccccc2)C(=O)O1. The Morgan fingerprint density at radius 1 is 1.13 bits per heavy atom. The third kappa shape index (κ3) is 2.61. The number of rotatable bonds is 3. The highest BCUT2D eigenvalue weighted by atomic mass is 32.2. The molecule has 0 saturated carbocycles. The van der Waals surface area contributed by atoms with E-state index in [0.29, 0.717) is 0 Å². The first-order valence-corrected chi connectivity index (χ1v) is 8.50. The lowest BCUT2D eigenvalue weighted by Crippen LogP contribution is -2.11. The van der Waals surface area contributed by atoms with E-state index in [1.807, 2.05) is 55.5 Å². The summed E-state index contributed by atoms with van der Waals surface area (Å²) in [5.74, 6) is -0.144. The van der Waals surface area contributed by atoms with Crippen molar-refractivity contribution in [1.82, 2.24) is 9.55 Å². The van der Waals surface area contributed by atoms with Crippen LogP contribution in [0.25, 0.3) is 16.7 Å². The number of imidazole rings is 1. The van der Waals surface area contributed by atoms with Crippen molar-refractivity contribution in [3.8, 4) is 5.69 Å². The predicted molar refractivity (Wildman–Crippen MR) is 90.9 cm³/mol. The summed E-state index contributed by atoms with van der Waals surface area (Å²) >= 11 is 1.49. The summed E-state index contributed by atoms with van der Waals surface area (Å²) in [7, 11) is 0. The highest BCUT2D eigenvalue weighted by molar-refractivity contribution is 8.00. The monoisotopic (exact) mass is 324 g/mol. The van der Waals surface area contributed by atoms with Crippen LogP contribution in [-0.4, -0.2) is 26.9 Å². The van der Waals surface area contributed by atoms with Gasteiger partial charge < -0.3 is 4.74 Å². The van der Waals surface area contributed by atoms with Gasteiger partial charge >= 0.3 is 5.97 Å². The quantitative estimate of drug-likeness (QED) is 0.687. The van der Waals surface area contributed by atoms with Gasteiger partial charge in [0.15, 0.2) is 5.16 Å². The van der Waals surface area contributed by atoms with Crippen LogP contribution in [0.4, 0.5) is 0 Å². The molecule has 2 heterocycles. The van der Waals surface area contributed by atoms with Crippen molar-refractivity contribution in [2.24, 2.45) is 0 Å². The van der Waals surface area contributed by atoms with Crippen LogP contribution in [0.2, 0.25) is 0 Å². The first-order valence-electron chi connectivity index (χ1n) is 7.62. The molecule has 23 heavy (non-hydrogen) atoms. The van der Waals surface area contributed by atoms with Crippen molar-refractivity contribution in [3.05, 3.63) is 54.6 Å². The molecule has 2 atom stereocenters. The number of esters is 1. The van der Waals surface area contributed by atoms with E-state index in [4.69, 9.17) is 9.72 Å². The Hall–Kier alpha value is -2.27.